The third kappa shape index (κ3) is 10.3. The van der Waals surface area contributed by atoms with E-state index in [0.29, 0.717) is 46.2 Å². The molecule has 0 aromatic heterocycles. The predicted molar refractivity (Wildman–Crippen MR) is 191 cm³/mol. The zero-order chi connectivity index (χ0) is 36.3. The number of amides is 2. The van der Waals surface area contributed by atoms with Crippen LogP contribution in [-0.2, 0) is 52.6 Å². The molecular weight excluding hydrogens is 679 g/mol. The van der Waals surface area contributed by atoms with Crippen molar-refractivity contribution in [2.24, 2.45) is 11.5 Å². The van der Waals surface area contributed by atoms with Gasteiger partial charge in [-0.2, -0.15) is 0 Å². The zero-order valence-electron chi connectivity index (χ0n) is 27.5. The standard InChI is InChI=1S/C38H38Cl2N4O6/c1-37(23-25-13-5-3-6-14-25,27-17-9-11-19-29(27)39)43-35(47)33(41)49-31(45)21-22-32(46)50-34(42)36(48)44-38(2,24-26-15-7-4-8-16-26)28-18-10-12-20-30(28)40/h3-22,33-34H,23-24,41-42H2,1-2H3,(H,43,47)(H,44,48)/b22-21+. The van der Waals surface area contributed by atoms with Gasteiger partial charge in [0.1, 0.15) is 0 Å². The third-order valence-electron chi connectivity index (χ3n) is 7.89. The summed E-state index contributed by atoms with van der Waals surface area (Å²) in [5, 5.41) is 6.54. The van der Waals surface area contributed by atoms with Gasteiger partial charge in [0.2, 0.25) is 12.5 Å². The Hall–Kier alpha value is -5.00. The van der Waals surface area contributed by atoms with E-state index in [1.807, 2.05) is 60.7 Å². The van der Waals surface area contributed by atoms with E-state index in [9.17, 15) is 19.2 Å². The van der Waals surface area contributed by atoms with Gasteiger partial charge in [0.25, 0.3) is 11.8 Å². The molecule has 4 aromatic rings. The molecular formula is C38H38Cl2N4O6. The minimum Gasteiger partial charge on any atom is -0.434 e. The lowest BCUT2D eigenvalue weighted by molar-refractivity contribution is -0.153. The summed E-state index contributed by atoms with van der Waals surface area (Å²) in [6, 6.07) is 32.9. The molecule has 4 atom stereocenters. The third-order valence-corrected chi connectivity index (χ3v) is 8.55. The van der Waals surface area contributed by atoms with Crippen molar-refractivity contribution in [2.45, 2.75) is 50.2 Å². The van der Waals surface area contributed by atoms with Crippen LogP contribution < -0.4 is 22.1 Å². The monoisotopic (exact) mass is 716 g/mol. The van der Waals surface area contributed by atoms with Crippen molar-refractivity contribution in [3.8, 4) is 0 Å². The Bertz CT molecular complexity index is 1710. The van der Waals surface area contributed by atoms with E-state index < -0.39 is 47.3 Å². The summed E-state index contributed by atoms with van der Waals surface area (Å²) in [5.74, 6) is -3.83. The maximum atomic E-state index is 13.1. The molecule has 0 radical (unpaired) electrons. The maximum Gasteiger partial charge on any atom is 0.333 e. The van der Waals surface area contributed by atoms with Crippen LogP contribution in [0.25, 0.3) is 0 Å². The van der Waals surface area contributed by atoms with Crippen molar-refractivity contribution >= 4 is 47.0 Å². The van der Waals surface area contributed by atoms with Gasteiger partial charge < -0.3 is 20.1 Å². The van der Waals surface area contributed by atoms with Gasteiger partial charge in [0.15, 0.2) is 0 Å². The van der Waals surface area contributed by atoms with Gasteiger partial charge in [-0.3, -0.25) is 21.1 Å². The quantitative estimate of drug-likeness (QED) is 0.0800. The number of hydrogen-bond donors (Lipinski definition) is 4. The topological polar surface area (TPSA) is 163 Å². The molecule has 0 fully saturated rings. The molecule has 12 heteroatoms. The molecule has 2 amide bonds. The number of hydrogen-bond acceptors (Lipinski definition) is 8. The Morgan fingerprint density at radius 3 is 1.26 bits per heavy atom. The maximum absolute atomic E-state index is 13.1. The number of ether oxygens (including phenoxy) is 2. The molecule has 0 aliphatic heterocycles. The van der Waals surface area contributed by atoms with E-state index in [0.717, 1.165) is 11.1 Å². The van der Waals surface area contributed by atoms with Crippen LogP contribution in [0.4, 0.5) is 0 Å². The summed E-state index contributed by atoms with van der Waals surface area (Å²) in [5.41, 5.74) is 12.9. The molecule has 0 heterocycles. The second kappa shape index (κ2) is 17.1. The van der Waals surface area contributed by atoms with Crippen molar-refractivity contribution in [2.75, 3.05) is 0 Å². The fourth-order valence-corrected chi connectivity index (χ4v) is 6.19. The van der Waals surface area contributed by atoms with Crippen molar-refractivity contribution < 1.29 is 28.7 Å². The molecule has 10 nitrogen and oxygen atoms in total. The minimum absolute atomic E-state index is 0.355. The van der Waals surface area contributed by atoms with E-state index in [1.165, 1.54) is 0 Å². The lowest BCUT2D eigenvalue weighted by atomic mass is 9.85. The van der Waals surface area contributed by atoms with Crippen LogP contribution in [0.2, 0.25) is 10.0 Å². The highest BCUT2D eigenvalue weighted by atomic mass is 35.5. The summed E-state index contributed by atoms with van der Waals surface area (Å²) in [6.45, 7) is 3.56. The molecule has 50 heavy (non-hydrogen) atoms. The molecule has 0 saturated heterocycles. The van der Waals surface area contributed by atoms with Gasteiger partial charge in [-0.1, -0.05) is 120 Å². The number of halogens is 2. The van der Waals surface area contributed by atoms with Crippen LogP contribution in [0.3, 0.4) is 0 Å². The predicted octanol–water partition coefficient (Wildman–Crippen LogP) is 5.05. The highest BCUT2D eigenvalue weighted by molar-refractivity contribution is 6.31. The number of esters is 2. The van der Waals surface area contributed by atoms with E-state index in [1.54, 1.807) is 62.4 Å². The Balaban J connectivity index is 1.36. The first-order valence-corrected chi connectivity index (χ1v) is 16.4. The van der Waals surface area contributed by atoms with Gasteiger partial charge in [0, 0.05) is 22.2 Å². The Morgan fingerprint density at radius 1 is 0.600 bits per heavy atom. The van der Waals surface area contributed by atoms with Gasteiger partial charge in [-0.15, -0.1) is 0 Å². The van der Waals surface area contributed by atoms with E-state index >= 15 is 0 Å². The lowest BCUT2D eigenvalue weighted by Crippen LogP contribution is -2.52. The average molecular weight is 718 g/mol. The normalized spacial score (nSPS) is 14.8. The summed E-state index contributed by atoms with van der Waals surface area (Å²) in [4.78, 5) is 51.3. The first kappa shape index (κ1) is 37.8. The Morgan fingerprint density at radius 2 is 0.920 bits per heavy atom. The van der Waals surface area contributed by atoms with E-state index in [2.05, 4.69) is 10.6 Å². The zero-order valence-corrected chi connectivity index (χ0v) is 29.0. The first-order valence-electron chi connectivity index (χ1n) is 15.6. The second-order valence-electron chi connectivity index (χ2n) is 12.0. The number of carbonyl (C=O) groups excluding carboxylic acids is 4. The number of nitrogens with one attached hydrogen (secondary N) is 2. The van der Waals surface area contributed by atoms with Crippen LogP contribution in [0.5, 0.6) is 0 Å². The molecule has 4 aromatic carbocycles. The van der Waals surface area contributed by atoms with Crippen molar-refractivity contribution in [1.82, 2.24) is 10.6 Å². The van der Waals surface area contributed by atoms with E-state index in [4.69, 9.17) is 44.1 Å². The van der Waals surface area contributed by atoms with Crippen LogP contribution in [0, 0.1) is 0 Å². The fraction of sp³-hybridized carbons (Fsp3) is 0.211. The molecule has 0 aliphatic rings. The van der Waals surface area contributed by atoms with Crippen LogP contribution >= 0.6 is 23.2 Å². The van der Waals surface area contributed by atoms with Gasteiger partial charge in [-0.25, -0.2) is 9.59 Å². The number of carbonyl (C=O) groups is 4. The first-order chi connectivity index (χ1) is 23.8. The van der Waals surface area contributed by atoms with E-state index in [-0.39, 0.29) is 0 Å². The lowest BCUT2D eigenvalue weighted by Gasteiger charge is -2.33. The average Bonchev–Trinajstić information content (AvgIpc) is 3.08. The van der Waals surface area contributed by atoms with Crippen molar-refractivity contribution in [3.63, 3.8) is 0 Å². The SMILES string of the molecule is CC(Cc1ccccc1)(NC(=O)C(N)OC(=O)/C=C/C(=O)OC(N)C(=O)NC(C)(Cc1ccccc1)c1ccccc1Cl)c1ccccc1Cl. The molecule has 6 N–H and O–H groups in total. The fourth-order valence-electron chi connectivity index (χ4n) is 5.50. The Labute approximate surface area is 300 Å². The molecule has 0 aliphatic carbocycles. The number of nitrogens with two attached hydrogens (primary N) is 2. The number of rotatable bonds is 14. The molecule has 260 valence electrons. The van der Waals surface area contributed by atoms with Gasteiger partial charge >= 0.3 is 11.9 Å². The summed E-state index contributed by atoms with van der Waals surface area (Å²) in [6.07, 6.45) is -1.34. The molecule has 4 unspecified atom stereocenters. The molecule has 4 rings (SSSR count). The summed E-state index contributed by atoms with van der Waals surface area (Å²) < 4.78 is 10.1. The summed E-state index contributed by atoms with van der Waals surface area (Å²) >= 11 is 13.0. The van der Waals surface area contributed by atoms with Crippen LogP contribution in [0.1, 0.15) is 36.1 Å². The van der Waals surface area contributed by atoms with Gasteiger partial charge in [-0.05, 0) is 61.1 Å². The van der Waals surface area contributed by atoms with Crippen molar-refractivity contribution in [1.29, 1.82) is 0 Å². The smallest absolute Gasteiger partial charge is 0.333 e. The van der Waals surface area contributed by atoms with Crippen molar-refractivity contribution in [3.05, 3.63) is 154 Å². The minimum atomic E-state index is -1.74. The molecule has 0 bridgehead atoms. The molecule has 0 saturated carbocycles. The summed E-state index contributed by atoms with van der Waals surface area (Å²) in [7, 11) is 0. The largest absolute Gasteiger partial charge is 0.434 e. The highest BCUT2D eigenvalue weighted by Crippen LogP contribution is 2.32. The Kier molecular flexibility index (Phi) is 12.9. The van der Waals surface area contributed by atoms with Crippen LogP contribution in [0.15, 0.2) is 121 Å². The molecule has 0 spiro atoms. The highest BCUT2D eigenvalue weighted by Gasteiger charge is 2.35. The van der Waals surface area contributed by atoms with Gasteiger partial charge in [0.05, 0.1) is 11.1 Å². The van der Waals surface area contributed by atoms with Crippen LogP contribution in [-0.4, -0.2) is 36.2 Å². The number of benzene rings is 4. The second-order valence-corrected chi connectivity index (χ2v) is 12.8.